The van der Waals surface area contributed by atoms with Gasteiger partial charge in [-0.15, -0.1) is 22.0 Å². The normalized spacial score (nSPS) is 16.2. The van der Waals surface area contributed by atoms with Crippen LogP contribution >= 0.6 is 23.4 Å². The molecule has 0 N–H and O–H groups in total. The summed E-state index contributed by atoms with van der Waals surface area (Å²) in [6.07, 6.45) is 3.82. The fourth-order valence-electron chi connectivity index (χ4n) is 3.97. The Morgan fingerprint density at radius 2 is 1.84 bits per heavy atom. The maximum Gasteiger partial charge on any atom is 0.254 e. The van der Waals surface area contributed by atoms with Crippen molar-refractivity contribution in [1.82, 2.24) is 19.5 Å². The van der Waals surface area contributed by atoms with Gasteiger partial charge in [0.2, 0.25) is 0 Å². The third-order valence-corrected chi connectivity index (χ3v) is 6.91. The van der Waals surface area contributed by atoms with Gasteiger partial charge in [0.1, 0.15) is 0 Å². The number of thioether (sulfide) groups is 1. The van der Waals surface area contributed by atoms with Crippen molar-refractivity contribution in [3.63, 3.8) is 0 Å². The van der Waals surface area contributed by atoms with E-state index in [1.54, 1.807) is 11.8 Å². The molecule has 0 saturated carbocycles. The number of carbonyl (C=O) groups excluding carboxylic acids is 1. The molecular formula is C24H21ClN4OS. The minimum absolute atomic E-state index is 0.0482. The molecule has 156 valence electrons. The van der Waals surface area contributed by atoms with Crippen LogP contribution in [0.3, 0.4) is 0 Å². The van der Waals surface area contributed by atoms with Gasteiger partial charge in [-0.05, 0) is 66.9 Å². The molecule has 1 fully saturated rings. The van der Waals surface area contributed by atoms with Crippen LogP contribution in [0.1, 0.15) is 40.6 Å². The van der Waals surface area contributed by atoms with E-state index in [0.29, 0.717) is 5.56 Å². The second kappa shape index (κ2) is 8.73. The van der Waals surface area contributed by atoms with Crippen molar-refractivity contribution in [2.75, 3.05) is 6.54 Å². The molecule has 1 saturated heterocycles. The van der Waals surface area contributed by atoms with Crippen molar-refractivity contribution < 1.29 is 4.79 Å². The van der Waals surface area contributed by atoms with Gasteiger partial charge in [-0.2, -0.15) is 0 Å². The molecular weight excluding hydrogens is 428 g/mol. The molecule has 4 aromatic rings. The first-order valence-corrected chi connectivity index (χ1v) is 11.6. The first kappa shape index (κ1) is 20.1. The molecule has 0 radical (unpaired) electrons. The third kappa shape index (κ3) is 4.18. The molecule has 1 atom stereocenters. The van der Waals surface area contributed by atoms with E-state index >= 15 is 0 Å². The second-order valence-electron chi connectivity index (χ2n) is 7.58. The number of amides is 1. The Labute approximate surface area is 190 Å². The minimum Gasteiger partial charge on any atom is -0.328 e. The number of pyridine rings is 1. The lowest BCUT2D eigenvalue weighted by Crippen LogP contribution is -2.31. The van der Waals surface area contributed by atoms with E-state index in [9.17, 15) is 4.79 Å². The Balaban J connectivity index is 1.29. The number of nitrogens with zero attached hydrogens (tertiary/aromatic N) is 4. The van der Waals surface area contributed by atoms with Crippen LogP contribution in [0, 0.1) is 0 Å². The van der Waals surface area contributed by atoms with E-state index in [4.69, 9.17) is 11.6 Å². The number of carbonyl (C=O) groups is 1. The van der Waals surface area contributed by atoms with Crippen molar-refractivity contribution in [2.24, 2.45) is 0 Å². The molecule has 1 amide bonds. The van der Waals surface area contributed by atoms with Crippen LogP contribution in [0.2, 0.25) is 5.02 Å². The van der Waals surface area contributed by atoms with Crippen LogP contribution in [-0.4, -0.2) is 31.9 Å². The maximum atomic E-state index is 13.3. The smallest absolute Gasteiger partial charge is 0.254 e. The van der Waals surface area contributed by atoms with Crippen molar-refractivity contribution in [1.29, 1.82) is 0 Å². The van der Waals surface area contributed by atoms with Crippen molar-refractivity contribution in [2.45, 2.75) is 29.5 Å². The van der Waals surface area contributed by atoms with Crippen LogP contribution in [0.15, 0.2) is 77.8 Å². The van der Waals surface area contributed by atoms with Gasteiger partial charge in [-0.3, -0.25) is 9.20 Å². The molecule has 1 aliphatic rings. The van der Waals surface area contributed by atoms with Gasteiger partial charge in [0.15, 0.2) is 11.5 Å². The summed E-state index contributed by atoms with van der Waals surface area (Å²) in [5.74, 6) is 1.72. The molecule has 0 aliphatic carbocycles. The SMILES string of the molecule is O=C(c1ccc(CSc2ccc(Cl)cc2)cc1)N1CCCC1c1nnc2ccccn12. The van der Waals surface area contributed by atoms with E-state index in [1.165, 1.54) is 10.5 Å². The summed E-state index contributed by atoms with van der Waals surface area (Å²) in [7, 11) is 0. The predicted octanol–water partition coefficient (Wildman–Crippen LogP) is 5.65. The number of fused-ring (bicyclic) bond motifs is 1. The zero-order valence-electron chi connectivity index (χ0n) is 16.8. The highest BCUT2D eigenvalue weighted by molar-refractivity contribution is 7.98. The van der Waals surface area contributed by atoms with Gasteiger partial charge < -0.3 is 4.90 Å². The van der Waals surface area contributed by atoms with E-state index < -0.39 is 0 Å². The fraction of sp³-hybridized carbons (Fsp3) is 0.208. The molecule has 5 rings (SSSR count). The number of aromatic nitrogens is 3. The Kier molecular flexibility index (Phi) is 5.66. The predicted molar refractivity (Wildman–Crippen MR) is 123 cm³/mol. The van der Waals surface area contributed by atoms with Crippen LogP contribution in [-0.2, 0) is 5.75 Å². The average Bonchev–Trinajstić information content (AvgIpc) is 3.45. The number of rotatable bonds is 5. The van der Waals surface area contributed by atoms with Crippen molar-refractivity contribution in [3.05, 3.63) is 94.9 Å². The van der Waals surface area contributed by atoms with Crippen molar-refractivity contribution >= 4 is 34.9 Å². The zero-order valence-corrected chi connectivity index (χ0v) is 18.4. The van der Waals surface area contributed by atoms with Gasteiger partial charge >= 0.3 is 0 Å². The summed E-state index contributed by atoms with van der Waals surface area (Å²) in [5.41, 5.74) is 2.69. The number of hydrogen-bond acceptors (Lipinski definition) is 4. The standard InChI is InChI=1S/C24H21ClN4OS/c25-19-10-12-20(13-11-19)31-16-17-6-8-18(9-7-17)24(30)28-15-3-4-21(28)23-27-26-22-5-1-2-14-29(22)23/h1-2,5-14,21H,3-4,15-16H2. The van der Waals surface area contributed by atoms with Crippen LogP contribution < -0.4 is 0 Å². The molecule has 2 aromatic heterocycles. The van der Waals surface area contributed by atoms with Crippen molar-refractivity contribution in [3.8, 4) is 0 Å². The van der Waals surface area contributed by atoms with Crippen LogP contribution in [0.4, 0.5) is 0 Å². The Morgan fingerprint density at radius 1 is 1.03 bits per heavy atom. The monoisotopic (exact) mass is 448 g/mol. The molecule has 31 heavy (non-hydrogen) atoms. The molecule has 3 heterocycles. The number of likely N-dealkylation sites (tertiary alicyclic amines) is 1. The molecule has 1 unspecified atom stereocenters. The highest BCUT2D eigenvalue weighted by Crippen LogP contribution is 2.32. The average molecular weight is 449 g/mol. The van der Waals surface area contributed by atoms with Gasteiger partial charge in [-0.1, -0.05) is 29.8 Å². The summed E-state index contributed by atoms with van der Waals surface area (Å²) in [4.78, 5) is 16.4. The number of benzene rings is 2. The molecule has 0 spiro atoms. The number of hydrogen-bond donors (Lipinski definition) is 0. The van der Waals surface area contributed by atoms with Crippen LogP contribution in [0.5, 0.6) is 0 Å². The van der Waals surface area contributed by atoms with E-state index in [2.05, 4.69) is 10.2 Å². The third-order valence-electron chi connectivity index (χ3n) is 5.57. The van der Waals surface area contributed by atoms with Gasteiger partial charge in [0.05, 0.1) is 6.04 Å². The summed E-state index contributed by atoms with van der Waals surface area (Å²) in [6.45, 7) is 0.736. The van der Waals surface area contributed by atoms with E-state index in [0.717, 1.165) is 41.6 Å². The molecule has 7 heteroatoms. The summed E-state index contributed by atoms with van der Waals surface area (Å²) in [5, 5.41) is 9.38. The maximum absolute atomic E-state index is 13.3. The van der Waals surface area contributed by atoms with Gasteiger partial charge in [0.25, 0.3) is 5.91 Å². The first-order valence-electron chi connectivity index (χ1n) is 10.3. The number of halogens is 1. The lowest BCUT2D eigenvalue weighted by Gasteiger charge is -2.23. The molecule has 5 nitrogen and oxygen atoms in total. The van der Waals surface area contributed by atoms with Gasteiger partial charge in [0, 0.05) is 34.0 Å². The lowest BCUT2D eigenvalue weighted by atomic mass is 10.1. The molecule has 2 aromatic carbocycles. The van der Waals surface area contributed by atoms with Crippen LogP contribution in [0.25, 0.3) is 5.65 Å². The summed E-state index contributed by atoms with van der Waals surface area (Å²) >= 11 is 7.70. The fourth-order valence-corrected chi connectivity index (χ4v) is 4.95. The highest BCUT2D eigenvalue weighted by atomic mass is 35.5. The van der Waals surface area contributed by atoms with E-state index in [-0.39, 0.29) is 11.9 Å². The molecule has 1 aliphatic heterocycles. The zero-order chi connectivity index (χ0) is 21.2. The Bertz CT molecular complexity index is 1210. The second-order valence-corrected chi connectivity index (χ2v) is 9.07. The Hall–Kier alpha value is -2.83. The Morgan fingerprint density at radius 3 is 2.65 bits per heavy atom. The topological polar surface area (TPSA) is 50.5 Å². The first-order chi connectivity index (χ1) is 15.2. The van der Waals surface area contributed by atoms with E-state index in [1.807, 2.05) is 82.2 Å². The lowest BCUT2D eigenvalue weighted by molar-refractivity contribution is 0.0729. The largest absolute Gasteiger partial charge is 0.328 e. The molecule has 0 bridgehead atoms. The summed E-state index contributed by atoms with van der Waals surface area (Å²) in [6, 6.07) is 21.5. The highest BCUT2D eigenvalue weighted by Gasteiger charge is 2.33. The quantitative estimate of drug-likeness (QED) is 0.370. The van der Waals surface area contributed by atoms with Gasteiger partial charge in [-0.25, -0.2) is 0 Å². The minimum atomic E-state index is -0.0509. The summed E-state index contributed by atoms with van der Waals surface area (Å²) < 4.78 is 1.98.